The molecule has 0 aliphatic carbocycles. The lowest BCUT2D eigenvalue weighted by molar-refractivity contribution is 0.00856. The minimum atomic E-state index is -0.572. The standard InChI is InChI=1S/C18H26FNO3/c1-2-9-22-14-17(21)12-20(13-18-4-3-10-23-18)11-15-5-7-16(19)8-6-15/h2,5-8,17-18,21H,1,3-4,9-14H2/t17-,18+/m1/s1. The Morgan fingerprint density at radius 1 is 1.43 bits per heavy atom. The van der Waals surface area contributed by atoms with E-state index >= 15 is 0 Å². The summed E-state index contributed by atoms with van der Waals surface area (Å²) in [6, 6.07) is 6.48. The number of nitrogens with zero attached hydrogens (tertiary/aromatic N) is 1. The molecular formula is C18H26FNO3. The van der Waals surface area contributed by atoms with Crippen molar-refractivity contribution in [3.05, 3.63) is 48.3 Å². The maximum absolute atomic E-state index is 13.0. The number of hydrogen-bond acceptors (Lipinski definition) is 4. The van der Waals surface area contributed by atoms with Crippen molar-refractivity contribution in [2.45, 2.75) is 31.6 Å². The molecule has 0 unspecified atom stereocenters. The van der Waals surface area contributed by atoms with E-state index in [4.69, 9.17) is 9.47 Å². The lowest BCUT2D eigenvalue weighted by atomic mass is 10.1. The monoisotopic (exact) mass is 323 g/mol. The van der Waals surface area contributed by atoms with Gasteiger partial charge in [0.2, 0.25) is 0 Å². The molecule has 1 N–H and O–H groups in total. The molecule has 1 fully saturated rings. The molecule has 23 heavy (non-hydrogen) atoms. The van der Waals surface area contributed by atoms with Crippen molar-refractivity contribution in [2.75, 3.05) is 32.9 Å². The Bertz CT molecular complexity index is 460. The summed E-state index contributed by atoms with van der Waals surface area (Å²) in [5.74, 6) is -0.239. The number of rotatable bonds is 10. The maximum atomic E-state index is 13.0. The highest BCUT2D eigenvalue weighted by atomic mass is 19.1. The molecule has 1 saturated heterocycles. The summed E-state index contributed by atoms with van der Waals surface area (Å²) < 4.78 is 24.0. The van der Waals surface area contributed by atoms with E-state index in [1.807, 2.05) is 0 Å². The van der Waals surface area contributed by atoms with Crippen LogP contribution < -0.4 is 0 Å². The van der Waals surface area contributed by atoms with Crippen LogP contribution in [0, 0.1) is 5.82 Å². The summed E-state index contributed by atoms with van der Waals surface area (Å²) in [6.45, 7) is 7.00. The highest BCUT2D eigenvalue weighted by Crippen LogP contribution is 2.16. The number of halogens is 1. The molecule has 0 amide bonds. The highest BCUT2D eigenvalue weighted by Gasteiger charge is 2.21. The molecule has 1 aromatic rings. The first-order valence-electron chi connectivity index (χ1n) is 8.12. The Kier molecular flexibility index (Phi) is 7.68. The lowest BCUT2D eigenvalue weighted by Crippen LogP contribution is -2.39. The smallest absolute Gasteiger partial charge is 0.123 e. The fourth-order valence-corrected chi connectivity index (χ4v) is 2.77. The molecular weight excluding hydrogens is 297 g/mol. The minimum absolute atomic E-state index is 0.205. The van der Waals surface area contributed by atoms with Crippen LogP contribution >= 0.6 is 0 Å². The number of ether oxygens (including phenoxy) is 2. The number of aliphatic hydroxyl groups excluding tert-OH is 1. The lowest BCUT2D eigenvalue weighted by Gasteiger charge is -2.27. The average molecular weight is 323 g/mol. The van der Waals surface area contributed by atoms with Gasteiger partial charge in [-0.2, -0.15) is 0 Å². The van der Waals surface area contributed by atoms with Crippen LogP contribution in [0.4, 0.5) is 4.39 Å². The van der Waals surface area contributed by atoms with Gasteiger partial charge in [-0.05, 0) is 30.5 Å². The van der Waals surface area contributed by atoms with Crippen LogP contribution in [0.1, 0.15) is 18.4 Å². The largest absolute Gasteiger partial charge is 0.389 e. The van der Waals surface area contributed by atoms with Gasteiger partial charge >= 0.3 is 0 Å². The molecule has 0 bridgehead atoms. The topological polar surface area (TPSA) is 41.9 Å². The van der Waals surface area contributed by atoms with Gasteiger partial charge in [-0.1, -0.05) is 18.2 Å². The molecule has 1 aliphatic rings. The van der Waals surface area contributed by atoms with Gasteiger partial charge in [0, 0.05) is 26.2 Å². The van der Waals surface area contributed by atoms with Crippen molar-refractivity contribution < 1.29 is 19.0 Å². The minimum Gasteiger partial charge on any atom is -0.389 e. The van der Waals surface area contributed by atoms with Crippen molar-refractivity contribution in [2.24, 2.45) is 0 Å². The Balaban J connectivity index is 1.89. The second kappa shape index (κ2) is 9.78. The predicted octanol–water partition coefficient (Wildman–Crippen LogP) is 2.37. The van der Waals surface area contributed by atoms with Crippen LogP contribution in [-0.4, -0.2) is 55.1 Å². The zero-order valence-electron chi connectivity index (χ0n) is 13.5. The van der Waals surface area contributed by atoms with Crippen molar-refractivity contribution in [3.63, 3.8) is 0 Å². The van der Waals surface area contributed by atoms with Crippen LogP contribution in [0.25, 0.3) is 0 Å². The van der Waals surface area contributed by atoms with Crippen LogP contribution in [0.5, 0.6) is 0 Å². The van der Waals surface area contributed by atoms with Crippen molar-refractivity contribution >= 4 is 0 Å². The van der Waals surface area contributed by atoms with Gasteiger partial charge in [0.05, 0.1) is 25.4 Å². The van der Waals surface area contributed by atoms with E-state index in [2.05, 4.69) is 11.5 Å². The molecule has 0 saturated carbocycles. The Hall–Kier alpha value is -1.27. The SMILES string of the molecule is C=CCOC[C@H](O)CN(Cc1ccc(F)cc1)C[C@@H]1CCCO1. The van der Waals surface area contributed by atoms with E-state index in [0.717, 1.165) is 31.6 Å². The highest BCUT2D eigenvalue weighted by molar-refractivity contribution is 5.15. The van der Waals surface area contributed by atoms with Crippen LogP contribution in [0.3, 0.4) is 0 Å². The van der Waals surface area contributed by atoms with E-state index in [-0.39, 0.29) is 18.5 Å². The van der Waals surface area contributed by atoms with Crippen LogP contribution in [0.2, 0.25) is 0 Å². The summed E-state index contributed by atoms with van der Waals surface area (Å²) in [5.41, 5.74) is 1.02. The predicted molar refractivity (Wildman–Crippen MR) is 87.7 cm³/mol. The molecule has 2 atom stereocenters. The van der Waals surface area contributed by atoms with Crippen LogP contribution in [0.15, 0.2) is 36.9 Å². The Morgan fingerprint density at radius 2 is 2.22 bits per heavy atom. The summed E-state index contributed by atoms with van der Waals surface area (Å²) in [4.78, 5) is 2.14. The van der Waals surface area contributed by atoms with Gasteiger partial charge in [0.15, 0.2) is 0 Å². The van der Waals surface area contributed by atoms with Gasteiger partial charge in [-0.3, -0.25) is 4.90 Å². The van der Waals surface area contributed by atoms with E-state index in [1.54, 1.807) is 18.2 Å². The third-order valence-electron chi connectivity index (χ3n) is 3.82. The second-order valence-electron chi connectivity index (χ2n) is 5.94. The Morgan fingerprint density at radius 3 is 2.87 bits per heavy atom. The molecule has 5 heteroatoms. The molecule has 2 rings (SSSR count). The third-order valence-corrected chi connectivity index (χ3v) is 3.82. The van der Waals surface area contributed by atoms with Crippen molar-refractivity contribution in [1.29, 1.82) is 0 Å². The fourth-order valence-electron chi connectivity index (χ4n) is 2.77. The zero-order chi connectivity index (χ0) is 16.5. The van der Waals surface area contributed by atoms with Gasteiger partial charge in [0.25, 0.3) is 0 Å². The first kappa shape index (κ1) is 18.1. The molecule has 0 aromatic heterocycles. The normalized spacial score (nSPS) is 19.2. The van der Waals surface area contributed by atoms with Gasteiger partial charge < -0.3 is 14.6 Å². The third kappa shape index (κ3) is 6.79. The quantitative estimate of drug-likeness (QED) is 0.530. The molecule has 128 valence electrons. The second-order valence-corrected chi connectivity index (χ2v) is 5.94. The van der Waals surface area contributed by atoms with Crippen molar-refractivity contribution in [3.8, 4) is 0 Å². The van der Waals surface area contributed by atoms with E-state index in [9.17, 15) is 9.50 Å². The molecule has 1 aromatic carbocycles. The van der Waals surface area contributed by atoms with E-state index in [0.29, 0.717) is 19.7 Å². The number of aliphatic hydroxyl groups is 1. The number of benzene rings is 1. The first-order chi connectivity index (χ1) is 11.2. The number of hydrogen-bond donors (Lipinski definition) is 1. The summed E-state index contributed by atoms with van der Waals surface area (Å²) in [5, 5.41) is 10.1. The Labute approximate surface area is 137 Å². The summed E-state index contributed by atoms with van der Waals surface area (Å²) >= 11 is 0. The zero-order valence-corrected chi connectivity index (χ0v) is 13.5. The summed E-state index contributed by atoms with van der Waals surface area (Å²) in [6.07, 6.45) is 3.42. The van der Waals surface area contributed by atoms with E-state index in [1.165, 1.54) is 12.1 Å². The average Bonchev–Trinajstić information content (AvgIpc) is 3.03. The molecule has 0 radical (unpaired) electrons. The molecule has 1 heterocycles. The first-order valence-corrected chi connectivity index (χ1v) is 8.12. The van der Waals surface area contributed by atoms with E-state index < -0.39 is 6.10 Å². The maximum Gasteiger partial charge on any atom is 0.123 e. The van der Waals surface area contributed by atoms with Gasteiger partial charge in [-0.25, -0.2) is 4.39 Å². The van der Waals surface area contributed by atoms with Crippen LogP contribution in [-0.2, 0) is 16.0 Å². The fraction of sp³-hybridized carbons (Fsp3) is 0.556. The van der Waals surface area contributed by atoms with Crippen molar-refractivity contribution in [1.82, 2.24) is 4.90 Å². The van der Waals surface area contributed by atoms with Gasteiger partial charge in [0.1, 0.15) is 5.82 Å². The molecule has 4 nitrogen and oxygen atoms in total. The summed E-state index contributed by atoms with van der Waals surface area (Å²) in [7, 11) is 0. The molecule has 1 aliphatic heterocycles. The van der Waals surface area contributed by atoms with Gasteiger partial charge in [-0.15, -0.1) is 6.58 Å². The molecule has 0 spiro atoms.